The molecule has 10 heteroatoms. The molecule has 2 aliphatic rings. The van der Waals surface area contributed by atoms with Crippen molar-refractivity contribution in [1.82, 2.24) is 19.4 Å². The molecule has 0 unspecified atom stereocenters. The fourth-order valence-corrected chi connectivity index (χ4v) is 5.58. The van der Waals surface area contributed by atoms with Gasteiger partial charge in [0.15, 0.2) is 0 Å². The van der Waals surface area contributed by atoms with Gasteiger partial charge in [0.1, 0.15) is 18.2 Å². The molecule has 0 saturated carbocycles. The van der Waals surface area contributed by atoms with Crippen LogP contribution in [0.3, 0.4) is 0 Å². The second-order valence-corrected chi connectivity index (χ2v) is 11.0. The maximum absolute atomic E-state index is 14.3. The first-order valence-electron chi connectivity index (χ1n) is 13.7. The highest BCUT2D eigenvalue weighted by atomic mass is 19.1. The molecule has 0 radical (unpaired) electrons. The molecular weight excluding hydrogens is 525 g/mol. The molecule has 1 N–H and O–H groups in total. The van der Waals surface area contributed by atoms with Crippen LogP contribution in [0.25, 0.3) is 11.0 Å². The SMILES string of the molecule is C[C@]1(c2cccc(OCc3ccc(C#N)cc3F)n2)CCN(Cc2nc3ccc(C(=O)O)cc3n2C[C@@H]2CCO2)C1. The number of carbonyl (C=O) groups is 1. The van der Waals surface area contributed by atoms with Gasteiger partial charge in [0.2, 0.25) is 5.88 Å². The topological polar surface area (TPSA) is 114 Å². The molecule has 0 spiro atoms. The van der Waals surface area contributed by atoms with Gasteiger partial charge in [0.05, 0.1) is 53.1 Å². The Balaban J connectivity index is 1.18. The van der Waals surface area contributed by atoms with E-state index in [1.54, 1.807) is 36.4 Å². The van der Waals surface area contributed by atoms with Crippen molar-refractivity contribution in [2.45, 2.75) is 51.0 Å². The van der Waals surface area contributed by atoms with Crippen molar-refractivity contribution >= 4 is 17.0 Å². The zero-order chi connectivity index (χ0) is 28.6. The number of hydrogen-bond donors (Lipinski definition) is 1. The normalized spacial score (nSPS) is 20.6. The summed E-state index contributed by atoms with van der Waals surface area (Å²) < 4.78 is 27.9. The second-order valence-electron chi connectivity index (χ2n) is 11.0. The molecule has 2 saturated heterocycles. The van der Waals surface area contributed by atoms with E-state index in [2.05, 4.69) is 16.4 Å². The number of pyridine rings is 1. The van der Waals surface area contributed by atoms with E-state index in [9.17, 15) is 14.3 Å². The highest BCUT2D eigenvalue weighted by Gasteiger charge is 2.37. The lowest BCUT2D eigenvalue weighted by molar-refractivity contribution is -0.0591. The van der Waals surface area contributed by atoms with Crippen LogP contribution in [-0.2, 0) is 29.8 Å². The van der Waals surface area contributed by atoms with Gasteiger partial charge < -0.3 is 19.1 Å². The summed E-state index contributed by atoms with van der Waals surface area (Å²) in [6.45, 7) is 5.82. The maximum Gasteiger partial charge on any atom is 0.335 e. The number of halogens is 1. The molecule has 2 aromatic heterocycles. The van der Waals surface area contributed by atoms with Crippen LogP contribution in [0.2, 0.25) is 0 Å². The number of benzene rings is 2. The number of carboxylic acids is 1. The number of fused-ring (bicyclic) bond motifs is 1. The highest BCUT2D eigenvalue weighted by Crippen LogP contribution is 2.35. The average molecular weight is 556 g/mol. The summed E-state index contributed by atoms with van der Waals surface area (Å²) >= 11 is 0. The van der Waals surface area contributed by atoms with E-state index in [0.29, 0.717) is 24.5 Å². The largest absolute Gasteiger partial charge is 0.478 e. The summed E-state index contributed by atoms with van der Waals surface area (Å²) in [4.78, 5) is 23.6. The third-order valence-corrected chi connectivity index (χ3v) is 8.07. The summed E-state index contributed by atoms with van der Waals surface area (Å²) in [7, 11) is 0. The number of imidazole rings is 1. The standard InChI is InChI=1S/C31H30FN5O4/c1-31(27-3-2-4-29(35-27)41-18-22-6-5-20(15-33)13-24(22)32)10-11-36(19-31)17-28-34-25-8-7-21(30(38)39)14-26(25)37(28)16-23-9-12-40-23/h2-8,13-14,23H,9-12,16-19H2,1H3,(H,38,39)/t23-,31-/m0/s1. The van der Waals surface area contributed by atoms with Crippen molar-refractivity contribution in [1.29, 1.82) is 5.26 Å². The lowest BCUT2D eigenvalue weighted by Crippen LogP contribution is -2.33. The summed E-state index contributed by atoms with van der Waals surface area (Å²) in [5, 5.41) is 18.5. The first-order valence-corrected chi connectivity index (χ1v) is 13.7. The minimum Gasteiger partial charge on any atom is -0.478 e. The molecule has 41 heavy (non-hydrogen) atoms. The predicted molar refractivity (Wildman–Crippen MR) is 148 cm³/mol. The van der Waals surface area contributed by atoms with Crippen LogP contribution in [0.1, 0.15) is 52.8 Å². The fourth-order valence-electron chi connectivity index (χ4n) is 5.58. The van der Waals surface area contributed by atoms with Crippen LogP contribution in [-0.4, -0.2) is 56.3 Å². The van der Waals surface area contributed by atoms with Gasteiger partial charge in [-0.15, -0.1) is 0 Å². The van der Waals surface area contributed by atoms with E-state index in [4.69, 9.17) is 24.7 Å². The lowest BCUT2D eigenvalue weighted by Gasteiger charge is -2.28. The molecule has 0 aliphatic carbocycles. The lowest BCUT2D eigenvalue weighted by atomic mass is 9.85. The number of rotatable bonds is 9. The van der Waals surface area contributed by atoms with Crippen LogP contribution in [0, 0.1) is 17.1 Å². The Morgan fingerprint density at radius 2 is 2.10 bits per heavy atom. The van der Waals surface area contributed by atoms with E-state index in [0.717, 1.165) is 55.1 Å². The Morgan fingerprint density at radius 1 is 1.24 bits per heavy atom. The molecule has 210 valence electrons. The Morgan fingerprint density at radius 3 is 2.83 bits per heavy atom. The van der Waals surface area contributed by atoms with Crippen LogP contribution in [0.15, 0.2) is 54.6 Å². The predicted octanol–water partition coefficient (Wildman–Crippen LogP) is 4.67. The Kier molecular flexibility index (Phi) is 7.15. The first kappa shape index (κ1) is 26.9. The highest BCUT2D eigenvalue weighted by molar-refractivity contribution is 5.92. The van der Waals surface area contributed by atoms with Crippen molar-refractivity contribution in [2.24, 2.45) is 0 Å². The van der Waals surface area contributed by atoms with E-state index in [1.807, 2.05) is 18.2 Å². The van der Waals surface area contributed by atoms with Gasteiger partial charge in [0, 0.05) is 30.2 Å². The first-order chi connectivity index (χ1) is 19.8. The monoisotopic (exact) mass is 555 g/mol. The Labute approximate surface area is 236 Å². The van der Waals surface area contributed by atoms with E-state index in [-0.39, 0.29) is 29.3 Å². The Bertz CT molecular complexity index is 1660. The van der Waals surface area contributed by atoms with Crippen molar-refractivity contribution in [3.63, 3.8) is 0 Å². The number of aromatic carboxylic acids is 1. The number of nitriles is 1. The van der Waals surface area contributed by atoms with Crippen molar-refractivity contribution < 1.29 is 23.8 Å². The molecular formula is C31H30FN5O4. The Hall–Kier alpha value is -4.33. The molecule has 2 aliphatic heterocycles. The van der Waals surface area contributed by atoms with E-state index in [1.165, 1.54) is 6.07 Å². The molecule has 9 nitrogen and oxygen atoms in total. The second kappa shape index (κ2) is 10.9. The van der Waals surface area contributed by atoms with Gasteiger partial charge in [0.25, 0.3) is 0 Å². The van der Waals surface area contributed by atoms with Gasteiger partial charge >= 0.3 is 5.97 Å². The number of nitrogens with zero attached hydrogens (tertiary/aromatic N) is 5. The van der Waals surface area contributed by atoms with Crippen LogP contribution < -0.4 is 4.74 Å². The van der Waals surface area contributed by atoms with Gasteiger partial charge in [-0.3, -0.25) is 4.90 Å². The van der Waals surface area contributed by atoms with Gasteiger partial charge in [-0.1, -0.05) is 19.1 Å². The van der Waals surface area contributed by atoms with Crippen LogP contribution in [0.4, 0.5) is 4.39 Å². The molecule has 4 heterocycles. The number of likely N-dealkylation sites (tertiary alicyclic amines) is 1. The zero-order valence-corrected chi connectivity index (χ0v) is 22.7. The summed E-state index contributed by atoms with van der Waals surface area (Å²) in [6, 6.07) is 17.0. The van der Waals surface area contributed by atoms with E-state index >= 15 is 0 Å². The molecule has 2 fully saturated rings. The maximum atomic E-state index is 14.3. The van der Waals surface area contributed by atoms with Crippen LogP contribution >= 0.6 is 0 Å². The molecule has 0 amide bonds. The van der Waals surface area contributed by atoms with Gasteiger partial charge in [-0.25, -0.2) is 19.2 Å². The smallest absolute Gasteiger partial charge is 0.335 e. The third kappa shape index (κ3) is 5.51. The molecule has 2 aromatic carbocycles. The molecule has 0 bridgehead atoms. The number of hydrogen-bond acceptors (Lipinski definition) is 7. The third-order valence-electron chi connectivity index (χ3n) is 8.07. The van der Waals surface area contributed by atoms with Gasteiger partial charge in [-0.2, -0.15) is 5.26 Å². The van der Waals surface area contributed by atoms with Crippen molar-refractivity contribution in [3.05, 3.63) is 88.6 Å². The summed E-state index contributed by atoms with van der Waals surface area (Å²) in [5.41, 5.74) is 3.13. The average Bonchev–Trinajstić information content (AvgIpc) is 3.49. The van der Waals surface area contributed by atoms with Gasteiger partial charge in [-0.05, 0) is 55.8 Å². The minimum atomic E-state index is -0.961. The number of aromatic nitrogens is 3. The van der Waals surface area contributed by atoms with Crippen molar-refractivity contribution in [2.75, 3.05) is 19.7 Å². The molecule has 4 aromatic rings. The summed E-state index contributed by atoms with van der Waals surface area (Å²) in [6.07, 6.45) is 1.97. The van der Waals surface area contributed by atoms with E-state index < -0.39 is 11.8 Å². The zero-order valence-electron chi connectivity index (χ0n) is 22.7. The number of carboxylic acid groups (broad SMARTS) is 1. The minimum absolute atomic E-state index is 0.0152. The van der Waals surface area contributed by atoms with Crippen LogP contribution in [0.5, 0.6) is 5.88 Å². The fraction of sp³-hybridized carbons (Fsp3) is 0.355. The number of ether oxygens (including phenoxy) is 2. The van der Waals surface area contributed by atoms with Crippen molar-refractivity contribution in [3.8, 4) is 11.9 Å². The summed E-state index contributed by atoms with van der Waals surface area (Å²) in [5.74, 6) is -0.135. The quantitative estimate of drug-likeness (QED) is 0.317. The molecule has 6 rings (SSSR count). The molecule has 2 atom stereocenters.